The number of likely N-dealkylation sites (tertiary alicyclic amines) is 1. The molecule has 2 aliphatic rings. The van der Waals surface area contributed by atoms with Crippen LogP contribution in [0.4, 0.5) is 0 Å². The van der Waals surface area contributed by atoms with Gasteiger partial charge in [-0.15, -0.1) is 0 Å². The van der Waals surface area contributed by atoms with E-state index in [2.05, 4.69) is 25.7 Å². The van der Waals surface area contributed by atoms with E-state index < -0.39 is 0 Å². The van der Waals surface area contributed by atoms with E-state index in [4.69, 9.17) is 5.73 Å². The third-order valence-corrected chi connectivity index (χ3v) is 4.74. The van der Waals surface area contributed by atoms with Crippen LogP contribution in [0.5, 0.6) is 0 Å². The van der Waals surface area contributed by atoms with Gasteiger partial charge in [0.1, 0.15) is 0 Å². The molecule has 2 fully saturated rings. The van der Waals surface area contributed by atoms with Crippen molar-refractivity contribution in [1.29, 1.82) is 0 Å². The van der Waals surface area contributed by atoms with Crippen molar-refractivity contribution in [3.8, 4) is 0 Å². The molecule has 1 saturated carbocycles. The van der Waals surface area contributed by atoms with Crippen LogP contribution in [0.2, 0.25) is 0 Å². The van der Waals surface area contributed by atoms with Gasteiger partial charge in [-0.3, -0.25) is 4.79 Å². The molecule has 18 heavy (non-hydrogen) atoms. The lowest BCUT2D eigenvalue weighted by atomic mass is 9.76. The zero-order valence-electron chi connectivity index (χ0n) is 12.1. The molecule has 2 rings (SSSR count). The molecule has 0 aromatic carbocycles. The normalized spacial score (nSPS) is 41.8. The maximum Gasteiger partial charge on any atom is 0.227 e. The van der Waals surface area contributed by atoms with Crippen molar-refractivity contribution in [2.45, 2.75) is 52.5 Å². The standard InChI is InChI=1S/C15H28N2O/c1-10-7-11(2)9-17(8-10)15(18)14-12(3)5-4-6-13(14)16/h10-14H,4-9,16H2,1-3H3. The first-order chi connectivity index (χ1) is 8.49. The molecule has 1 amide bonds. The summed E-state index contributed by atoms with van der Waals surface area (Å²) in [5.41, 5.74) is 6.20. The maximum absolute atomic E-state index is 12.7. The van der Waals surface area contributed by atoms with Crippen LogP contribution in [0.25, 0.3) is 0 Å². The quantitative estimate of drug-likeness (QED) is 0.778. The molecule has 5 atom stereocenters. The number of rotatable bonds is 1. The summed E-state index contributed by atoms with van der Waals surface area (Å²) in [4.78, 5) is 14.8. The maximum atomic E-state index is 12.7. The number of nitrogens with zero attached hydrogens (tertiary/aromatic N) is 1. The molecule has 2 N–H and O–H groups in total. The number of piperidine rings is 1. The molecule has 5 unspecified atom stereocenters. The van der Waals surface area contributed by atoms with Crippen LogP contribution in [0, 0.1) is 23.7 Å². The molecule has 1 saturated heterocycles. The van der Waals surface area contributed by atoms with E-state index >= 15 is 0 Å². The summed E-state index contributed by atoms with van der Waals surface area (Å²) in [6.07, 6.45) is 4.59. The Morgan fingerprint density at radius 1 is 1.11 bits per heavy atom. The summed E-state index contributed by atoms with van der Waals surface area (Å²) in [6, 6.07) is 0.0776. The van der Waals surface area contributed by atoms with E-state index in [1.165, 1.54) is 12.8 Å². The minimum Gasteiger partial charge on any atom is -0.342 e. The number of hydrogen-bond acceptors (Lipinski definition) is 2. The van der Waals surface area contributed by atoms with Gasteiger partial charge in [-0.25, -0.2) is 0 Å². The van der Waals surface area contributed by atoms with Gasteiger partial charge in [0.05, 0.1) is 5.92 Å². The first-order valence-corrected chi connectivity index (χ1v) is 7.53. The Bertz CT molecular complexity index is 285. The minimum atomic E-state index is 0.0660. The lowest BCUT2D eigenvalue weighted by Gasteiger charge is -2.41. The smallest absolute Gasteiger partial charge is 0.227 e. The summed E-state index contributed by atoms with van der Waals surface area (Å²) >= 11 is 0. The molecular weight excluding hydrogens is 224 g/mol. The van der Waals surface area contributed by atoms with Crippen LogP contribution < -0.4 is 5.73 Å². The molecule has 0 aromatic rings. The molecular formula is C15H28N2O. The topological polar surface area (TPSA) is 46.3 Å². The molecule has 104 valence electrons. The Hall–Kier alpha value is -0.570. The Kier molecular flexibility index (Phi) is 4.31. The van der Waals surface area contributed by atoms with Crippen molar-refractivity contribution in [1.82, 2.24) is 4.90 Å². The van der Waals surface area contributed by atoms with Gasteiger partial charge < -0.3 is 10.6 Å². The highest BCUT2D eigenvalue weighted by atomic mass is 16.2. The van der Waals surface area contributed by atoms with E-state index in [0.29, 0.717) is 23.7 Å². The van der Waals surface area contributed by atoms with E-state index in [9.17, 15) is 4.79 Å². The van der Waals surface area contributed by atoms with E-state index in [0.717, 1.165) is 25.9 Å². The monoisotopic (exact) mass is 252 g/mol. The molecule has 3 nitrogen and oxygen atoms in total. The van der Waals surface area contributed by atoms with Gasteiger partial charge in [0, 0.05) is 19.1 Å². The molecule has 0 radical (unpaired) electrons. The molecule has 0 bridgehead atoms. The van der Waals surface area contributed by atoms with Crippen molar-refractivity contribution < 1.29 is 4.79 Å². The van der Waals surface area contributed by atoms with Crippen LogP contribution in [0.1, 0.15) is 46.5 Å². The fourth-order valence-corrected chi connectivity index (χ4v) is 3.94. The van der Waals surface area contributed by atoms with Gasteiger partial charge in [-0.05, 0) is 37.0 Å². The Balaban J connectivity index is 2.05. The summed E-state index contributed by atoms with van der Waals surface area (Å²) in [5.74, 6) is 2.11. The second-order valence-electron chi connectivity index (χ2n) is 6.79. The van der Waals surface area contributed by atoms with Gasteiger partial charge >= 0.3 is 0 Å². The van der Waals surface area contributed by atoms with Gasteiger partial charge in [0.2, 0.25) is 5.91 Å². The largest absolute Gasteiger partial charge is 0.342 e. The summed E-state index contributed by atoms with van der Waals surface area (Å²) in [7, 11) is 0. The SMILES string of the molecule is CC1CC(C)CN(C(=O)C2C(C)CCCC2N)C1. The second-order valence-corrected chi connectivity index (χ2v) is 6.79. The van der Waals surface area contributed by atoms with Crippen LogP contribution in [0.3, 0.4) is 0 Å². The Morgan fingerprint density at radius 3 is 2.28 bits per heavy atom. The highest BCUT2D eigenvalue weighted by Crippen LogP contribution is 2.32. The van der Waals surface area contributed by atoms with Gasteiger partial charge in [0.15, 0.2) is 0 Å². The van der Waals surface area contributed by atoms with E-state index in [1.54, 1.807) is 0 Å². The van der Waals surface area contributed by atoms with Crippen LogP contribution in [-0.2, 0) is 4.79 Å². The van der Waals surface area contributed by atoms with Gasteiger partial charge in [0.25, 0.3) is 0 Å². The van der Waals surface area contributed by atoms with Crippen LogP contribution >= 0.6 is 0 Å². The third-order valence-electron chi connectivity index (χ3n) is 4.74. The van der Waals surface area contributed by atoms with Crippen molar-refractivity contribution in [3.63, 3.8) is 0 Å². The summed E-state index contributed by atoms with van der Waals surface area (Å²) < 4.78 is 0. The molecule has 3 heteroatoms. The number of nitrogens with two attached hydrogens (primary N) is 1. The summed E-state index contributed by atoms with van der Waals surface area (Å²) in [5, 5.41) is 0. The zero-order chi connectivity index (χ0) is 13.3. The van der Waals surface area contributed by atoms with Gasteiger partial charge in [-0.2, -0.15) is 0 Å². The average molecular weight is 252 g/mol. The second kappa shape index (κ2) is 5.60. The highest BCUT2D eigenvalue weighted by Gasteiger charge is 2.38. The number of carbonyl (C=O) groups excluding carboxylic acids is 1. The first kappa shape index (κ1) is 13.9. The van der Waals surface area contributed by atoms with Crippen molar-refractivity contribution in [3.05, 3.63) is 0 Å². The Labute approximate surface area is 111 Å². The molecule has 1 aliphatic heterocycles. The van der Waals surface area contributed by atoms with E-state index in [-0.39, 0.29) is 12.0 Å². The predicted molar refractivity (Wildman–Crippen MR) is 74.0 cm³/mol. The van der Waals surface area contributed by atoms with Crippen molar-refractivity contribution in [2.75, 3.05) is 13.1 Å². The van der Waals surface area contributed by atoms with E-state index in [1.807, 2.05) is 0 Å². The number of amides is 1. The van der Waals surface area contributed by atoms with Crippen molar-refractivity contribution in [2.24, 2.45) is 29.4 Å². The third kappa shape index (κ3) is 2.87. The molecule has 0 aromatic heterocycles. The van der Waals surface area contributed by atoms with Crippen molar-refractivity contribution >= 4 is 5.91 Å². The fraction of sp³-hybridized carbons (Fsp3) is 0.933. The first-order valence-electron chi connectivity index (χ1n) is 7.53. The molecule has 1 heterocycles. The fourth-order valence-electron chi connectivity index (χ4n) is 3.94. The molecule has 0 spiro atoms. The Morgan fingerprint density at radius 2 is 1.72 bits per heavy atom. The lowest BCUT2D eigenvalue weighted by Crippen LogP contribution is -2.52. The minimum absolute atomic E-state index is 0.0660. The highest BCUT2D eigenvalue weighted by molar-refractivity contribution is 5.80. The zero-order valence-corrected chi connectivity index (χ0v) is 12.1. The molecule has 1 aliphatic carbocycles. The number of hydrogen-bond donors (Lipinski definition) is 1. The van der Waals surface area contributed by atoms with Crippen LogP contribution in [-0.4, -0.2) is 29.9 Å². The van der Waals surface area contributed by atoms with Crippen LogP contribution in [0.15, 0.2) is 0 Å². The van der Waals surface area contributed by atoms with Gasteiger partial charge in [-0.1, -0.05) is 27.2 Å². The number of carbonyl (C=O) groups is 1. The average Bonchev–Trinajstić information content (AvgIpc) is 2.27. The lowest BCUT2D eigenvalue weighted by molar-refractivity contribution is -0.141. The predicted octanol–water partition coefficient (Wildman–Crippen LogP) is 2.25. The summed E-state index contributed by atoms with van der Waals surface area (Å²) in [6.45, 7) is 8.55.